The maximum absolute atomic E-state index is 13.1. The number of aromatic nitrogens is 4. The minimum Gasteiger partial charge on any atom is -0.293 e. The van der Waals surface area contributed by atoms with Crippen molar-refractivity contribution in [1.29, 1.82) is 0 Å². The molecular weight excluding hydrogens is 305 g/mol. The Bertz CT molecular complexity index is 644. The average Bonchev–Trinajstić information content (AvgIpc) is 2.99. The Balaban J connectivity index is 1.81. The van der Waals surface area contributed by atoms with Crippen LogP contribution in [0.4, 0.5) is 4.39 Å². The molecule has 2 aromatic rings. The molecule has 1 aliphatic heterocycles. The van der Waals surface area contributed by atoms with Gasteiger partial charge < -0.3 is 0 Å². The SMILES string of the molecule is CC1CCN(C(c2nnnn2Cc2ccc(F)cc2)C(C)C)CC1. The van der Waals surface area contributed by atoms with Crippen molar-refractivity contribution in [3.8, 4) is 0 Å². The maximum atomic E-state index is 13.1. The molecule has 2 heterocycles. The zero-order valence-electron chi connectivity index (χ0n) is 14.7. The van der Waals surface area contributed by atoms with Crippen LogP contribution in [0.25, 0.3) is 0 Å². The van der Waals surface area contributed by atoms with Crippen LogP contribution in [-0.2, 0) is 6.54 Å². The highest BCUT2D eigenvalue weighted by Gasteiger charge is 2.31. The van der Waals surface area contributed by atoms with E-state index in [0.29, 0.717) is 12.5 Å². The molecule has 0 bridgehead atoms. The van der Waals surface area contributed by atoms with Crippen LogP contribution in [0.1, 0.15) is 51.0 Å². The molecule has 1 unspecified atom stereocenters. The van der Waals surface area contributed by atoms with Crippen molar-refractivity contribution in [3.05, 3.63) is 41.5 Å². The van der Waals surface area contributed by atoms with Gasteiger partial charge >= 0.3 is 0 Å². The lowest BCUT2D eigenvalue weighted by atomic mass is 9.94. The molecule has 0 radical (unpaired) electrons. The Hall–Kier alpha value is -1.82. The number of nitrogens with zero attached hydrogens (tertiary/aromatic N) is 5. The largest absolute Gasteiger partial charge is 0.293 e. The van der Waals surface area contributed by atoms with Crippen molar-refractivity contribution in [2.45, 2.75) is 46.2 Å². The number of hydrogen-bond acceptors (Lipinski definition) is 4. The molecule has 3 rings (SSSR count). The number of hydrogen-bond donors (Lipinski definition) is 0. The van der Waals surface area contributed by atoms with Gasteiger partial charge in [-0.2, -0.15) is 0 Å². The smallest absolute Gasteiger partial charge is 0.169 e. The third-order valence-electron chi connectivity index (χ3n) is 4.91. The van der Waals surface area contributed by atoms with Gasteiger partial charge in [0.2, 0.25) is 0 Å². The van der Waals surface area contributed by atoms with Gasteiger partial charge in [0, 0.05) is 0 Å². The first kappa shape index (κ1) is 17.0. The molecule has 24 heavy (non-hydrogen) atoms. The van der Waals surface area contributed by atoms with E-state index in [9.17, 15) is 4.39 Å². The molecule has 1 aromatic heterocycles. The van der Waals surface area contributed by atoms with Crippen LogP contribution in [0.3, 0.4) is 0 Å². The molecule has 0 saturated carbocycles. The van der Waals surface area contributed by atoms with Crippen molar-refractivity contribution in [1.82, 2.24) is 25.1 Å². The summed E-state index contributed by atoms with van der Waals surface area (Å²) in [5.74, 6) is 1.91. The number of rotatable bonds is 5. The lowest BCUT2D eigenvalue weighted by Crippen LogP contribution is -2.39. The van der Waals surface area contributed by atoms with Gasteiger partial charge in [-0.1, -0.05) is 32.9 Å². The number of likely N-dealkylation sites (tertiary alicyclic amines) is 1. The molecule has 0 spiro atoms. The molecule has 0 N–H and O–H groups in total. The van der Waals surface area contributed by atoms with Gasteiger partial charge in [0.25, 0.3) is 0 Å². The minimum atomic E-state index is -0.224. The predicted octanol–water partition coefficient (Wildman–Crippen LogP) is 3.29. The van der Waals surface area contributed by atoms with E-state index in [1.165, 1.54) is 25.0 Å². The molecule has 0 amide bonds. The van der Waals surface area contributed by atoms with Crippen molar-refractivity contribution in [2.24, 2.45) is 11.8 Å². The fraction of sp³-hybridized carbons (Fsp3) is 0.611. The number of benzene rings is 1. The first-order valence-electron chi connectivity index (χ1n) is 8.79. The van der Waals surface area contributed by atoms with Gasteiger partial charge in [-0.25, -0.2) is 9.07 Å². The van der Waals surface area contributed by atoms with Gasteiger partial charge in [-0.15, -0.1) is 5.10 Å². The fourth-order valence-corrected chi connectivity index (χ4v) is 3.49. The van der Waals surface area contributed by atoms with Crippen molar-refractivity contribution < 1.29 is 4.39 Å². The van der Waals surface area contributed by atoms with E-state index in [2.05, 4.69) is 41.2 Å². The third-order valence-corrected chi connectivity index (χ3v) is 4.91. The Labute approximate surface area is 142 Å². The molecule has 130 valence electrons. The summed E-state index contributed by atoms with van der Waals surface area (Å²) in [5.41, 5.74) is 1.000. The molecule has 1 atom stereocenters. The summed E-state index contributed by atoms with van der Waals surface area (Å²) >= 11 is 0. The van der Waals surface area contributed by atoms with Crippen LogP contribution in [0, 0.1) is 17.7 Å². The Morgan fingerprint density at radius 1 is 1.17 bits per heavy atom. The summed E-state index contributed by atoms with van der Waals surface area (Å²) in [6.45, 7) is 9.51. The summed E-state index contributed by atoms with van der Waals surface area (Å²) in [6.07, 6.45) is 2.45. The van der Waals surface area contributed by atoms with E-state index in [1.807, 2.05) is 4.68 Å². The van der Waals surface area contributed by atoms with Gasteiger partial charge in [-0.05, 0) is 65.9 Å². The van der Waals surface area contributed by atoms with E-state index in [0.717, 1.165) is 30.4 Å². The molecular formula is C18H26FN5. The normalized spacial score (nSPS) is 18.2. The first-order chi connectivity index (χ1) is 11.5. The second kappa shape index (κ2) is 7.38. The van der Waals surface area contributed by atoms with Crippen LogP contribution in [0.15, 0.2) is 24.3 Å². The molecule has 1 aromatic carbocycles. The molecule has 0 aliphatic carbocycles. The topological polar surface area (TPSA) is 46.8 Å². The third kappa shape index (κ3) is 3.80. The Morgan fingerprint density at radius 3 is 2.46 bits per heavy atom. The van der Waals surface area contributed by atoms with E-state index < -0.39 is 0 Å². The zero-order valence-corrected chi connectivity index (χ0v) is 14.7. The van der Waals surface area contributed by atoms with Crippen molar-refractivity contribution in [2.75, 3.05) is 13.1 Å². The number of piperidine rings is 1. The first-order valence-corrected chi connectivity index (χ1v) is 8.79. The lowest BCUT2D eigenvalue weighted by Gasteiger charge is -2.37. The van der Waals surface area contributed by atoms with Crippen LogP contribution < -0.4 is 0 Å². The summed E-state index contributed by atoms with van der Waals surface area (Å²) in [4.78, 5) is 2.51. The summed E-state index contributed by atoms with van der Waals surface area (Å²) in [6, 6.07) is 6.74. The van der Waals surface area contributed by atoms with Crippen LogP contribution in [-0.4, -0.2) is 38.2 Å². The van der Waals surface area contributed by atoms with Gasteiger partial charge in [-0.3, -0.25) is 4.90 Å². The molecule has 1 fully saturated rings. The quantitative estimate of drug-likeness (QED) is 0.843. The van der Waals surface area contributed by atoms with Crippen LogP contribution >= 0.6 is 0 Å². The number of halogens is 1. The van der Waals surface area contributed by atoms with Gasteiger partial charge in [0.1, 0.15) is 5.82 Å². The van der Waals surface area contributed by atoms with Gasteiger partial charge in [0.05, 0.1) is 12.6 Å². The predicted molar refractivity (Wildman–Crippen MR) is 90.9 cm³/mol. The van der Waals surface area contributed by atoms with Crippen LogP contribution in [0.5, 0.6) is 0 Å². The molecule has 5 nitrogen and oxygen atoms in total. The minimum absolute atomic E-state index is 0.216. The zero-order chi connectivity index (χ0) is 17.1. The average molecular weight is 331 g/mol. The van der Waals surface area contributed by atoms with Gasteiger partial charge in [0.15, 0.2) is 5.82 Å². The maximum Gasteiger partial charge on any atom is 0.169 e. The Morgan fingerprint density at radius 2 is 1.83 bits per heavy atom. The second-order valence-corrected chi connectivity index (χ2v) is 7.23. The van der Waals surface area contributed by atoms with Crippen molar-refractivity contribution >= 4 is 0 Å². The monoisotopic (exact) mass is 331 g/mol. The summed E-state index contributed by atoms with van der Waals surface area (Å²) in [7, 11) is 0. The second-order valence-electron chi connectivity index (χ2n) is 7.23. The molecule has 1 aliphatic rings. The standard InChI is InChI=1S/C18H26FN5/c1-13(2)17(23-10-8-14(3)9-11-23)18-20-21-22-24(18)12-15-4-6-16(19)7-5-15/h4-7,13-14,17H,8-12H2,1-3H3. The Kier molecular flexibility index (Phi) is 5.23. The summed E-state index contributed by atoms with van der Waals surface area (Å²) < 4.78 is 15.0. The van der Waals surface area contributed by atoms with E-state index in [1.54, 1.807) is 12.1 Å². The lowest BCUT2D eigenvalue weighted by molar-refractivity contribution is 0.0995. The number of tetrazole rings is 1. The molecule has 1 saturated heterocycles. The highest BCUT2D eigenvalue weighted by Crippen LogP contribution is 2.31. The van der Waals surface area contributed by atoms with Crippen molar-refractivity contribution in [3.63, 3.8) is 0 Å². The van der Waals surface area contributed by atoms with E-state index >= 15 is 0 Å². The van der Waals surface area contributed by atoms with Crippen LogP contribution in [0.2, 0.25) is 0 Å². The van der Waals surface area contributed by atoms with E-state index in [4.69, 9.17) is 0 Å². The summed E-state index contributed by atoms with van der Waals surface area (Å²) in [5, 5.41) is 12.4. The highest BCUT2D eigenvalue weighted by molar-refractivity contribution is 5.16. The van der Waals surface area contributed by atoms with E-state index in [-0.39, 0.29) is 11.9 Å². The fourth-order valence-electron chi connectivity index (χ4n) is 3.49. The molecule has 6 heteroatoms. The highest BCUT2D eigenvalue weighted by atomic mass is 19.1.